The summed E-state index contributed by atoms with van der Waals surface area (Å²) in [6, 6.07) is 26.3. The molecule has 0 radical (unpaired) electrons. The van der Waals surface area contributed by atoms with E-state index in [0.717, 1.165) is 21.9 Å². The van der Waals surface area contributed by atoms with Crippen LogP contribution in [0.3, 0.4) is 0 Å². The van der Waals surface area contributed by atoms with E-state index in [2.05, 4.69) is 36.4 Å². The Balaban J connectivity index is 1.99. The second kappa shape index (κ2) is 5.54. The summed E-state index contributed by atoms with van der Waals surface area (Å²) >= 11 is 0. The topological polar surface area (TPSA) is 40.5 Å². The largest absolute Gasteiger partial charge is 0.489 e. The first-order valence-corrected chi connectivity index (χ1v) is 7.61. The van der Waals surface area contributed by atoms with E-state index in [1.54, 1.807) is 6.07 Å². The molecule has 0 saturated heterocycles. The Morgan fingerprint density at radius 2 is 1.35 bits per heavy atom. The summed E-state index contributed by atoms with van der Waals surface area (Å²) in [6.45, 7) is 0. The van der Waals surface area contributed by atoms with Crippen LogP contribution in [0.4, 0.5) is 0 Å². The molecule has 3 heteroatoms. The van der Waals surface area contributed by atoms with Crippen molar-refractivity contribution in [3.63, 3.8) is 0 Å². The summed E-state index contributed by atoms with van der Waals surface area (Å²) in [5.74, 6) is 0. The molecule has 0 spiro atoms. The van der Waals surface area contributed by atoms with Gasteiger partial charge in [-0.15, -0.1) is 0 Å². The number of benzene rings is 4. The molecule has 23 heavy (non-hydrogen) atoms. The van der Waals surface area contributed by atoms with Crippen LogP contribution < -0.4 is 5.46 Å². The van der Waals surface area contributed by atoms with Gasteiger partial charge in [0.05, 0.1) is 0 Å². The lowest BCUT2D eigenvalue weighted by Crippen LogP contribution is -2.30. The average Bonchev–Trinajstić information content (AvgIpc) is 2.60. The van der Waals surface area contributed by atoms with Crippen LogP contribution in [-0.4, -0.2) is 17.2 Å². The molecule has 2 nitrogen and oxygen atoms in total. The van der Waals surface area contributed by atoms with Gasteiger partial charge in [-0.3, -0.25) is 0 Å². The third-order valence-electron chi connectivity index (χ3n) is 4.29. The molecule has 0 amide bonds. The van der Waals surface area contributed by atoms with E-state index in [9.17, 15) is 10.0 Å². The molecule has 0 bridgehead atoms. The quantitative estimate of drug-likeness (QED) is 0.557. The van der Waals surface area contributed by atoms with Crippen LogP contribution in [0.5, 0.6) is 0 Å². The van der Waals surface area contributed by atoms with Crippen molar-refractivity contribution in [2.45, 2.75) is 0 Å². The van der Waals surface area contributed by atoms with Crippen LogP contribution in [0.1, 0.15) is 0 Å². The molecule has 4 rings (SSSR count). The van der Waals surface area contributed by atoms with Crippen LogP contribution in [0.25, 0.3) is 32.7 Å². The Kier molecular flexibility index (Phi) is 3.38. The third-order valence-corrected chi connectivity index (χ3v) is 4.29. The average molecular weight is 298 g/mol. The fourth-order valence-electron chi connectivity index (χ4n) is 3.17. The highest BCUT2D eigenvalue weighted by molar-refractivity contribution is 6.62. The van der Waals surface area contributed by atoms with Crippen molar-refractivity contribution in [2.24, 2.45) is 0 Å². The standard InChI is InChI=1S/C20H15BO2/c22-21(23)20-10-4-8-18-17(7-3-9-19(18)20)16-12-11-14-5-1-2-6-15(14)13-16/h1-13,22-23H. The minimum atomic E-state index is -1.47. The van der Waals surface area contributed by atoms with E-state index in [4.69, 9.17) is 0 Å². The Morgan fingerprint density at radius 3 is 2.17 bits per heavy atom. The maximum Gasteiger partial charge on any atom is 0.489 e. The highest BCUT2D eigenvalue weighted by Crippen LogP contribution is 2.30. The highest BCUT2D eigenvalue weighted by atomic mass is 16.4. The summed E-state index contributed by atoms with van der Waals surface area (Å²) in [6.07, 6.45) is 0. The second-order valence-electron chi connectivity index (χ2n) is 5.68. The molecule has 0 aromatic heterocycles. The first kappa shape index (κ1) is 14.0. The van der Waals surface area contributed by atoms with Crippen molar-refractivity contribution in [3.05, 3.63) is 78.9 Å². The molecular weight excluding hydrogens is 283 g/mol. The van der Waals surface area contributed by atoms with E-state index < -0.39 is 7.12 Å². The summed E-state index contributed by atoms with van der Waals surface area (Å²) < 4.78 is 0. The van der Waals surface area contributed by atoms with Crippen molar-refractivity contribution in [2.75, 3.05) is 0 Å². The van der Waals surface area contributed by atoms with E-state index in [1.807, 2.05) is 36.4 Å². The highest BCUT2D eigenvalue weighted by Gasteiger charge is 2.15. The Labute approximate surface area is 134 Å². The Morgan fingerprint density at radius 1 is 0.609 bits per heavy atom. The fourth-order valence-corrected chi connectivity index (χ4v) is 3.17. The molecule has 4 aromatic rings. The maximum absolute atomic E-state index is 9.58. The van der Waals surface area contributed by atoms with Gasteiger partial charge in [0.25, 0.3) is 0 Å². The lowest BCUT2D eigenvalue weighted by Gasteiger charge is -2.11. The van der Waals surface area contributed by atoms with Crippen molar-refractivity contribution < 1.29 is 10.0 Å². The summed E-state index contributed by atoms with van der Waals surface area (Å²) in [4.78, 5) is 0. The predicted octanol–water partition coefficient (Wildman–Crippen LogP) is 3.34. The normalized spacial score (nSPS) is 11.0. The van der Waals surface area contributed by atoms with Crippen molar-refractivity contribution in [3.8, 4) is 11.1 Å². The summed E-state index contributed by atoms with van der Waals surface area (Å²) in [5.41, 5.74) is 2.75. The Bertz CT molecular complexity index is 1010. The van der Waals surface area contributed by atoms with E-state index in [0.29, 0.717) is 5.46 Å². The third kappa shape index (κ3) is 2.40. The first-order chi connectivity index (χ1) is 11.2. The monoisotopic (exact) mass is 298 g/mol. The molecule has 0 aliphatic heterocycles. The Hall–Kier alpha value is -2.62. The van der Waals surface area contributed by atoms with E-state index >= 15 is 0 Å². The van der Waals surface area contributed by atoms with E-state index in [1.165, 1.54) is 10.8 Å². The molecule has 110 valence electrons. The van der Waals surface area contributed by atoms with Crippen LogP contribution >= 0.6 is 0 Å². The molecule has 0 unspecified atom stereocenters. The van der Waals surface area contributed by atoms with Crippen LogP contribution in [0.15, 0.2) is 78.9 Å². The van der Waals surface area contributed by atoms with Crippen molar-refractivity contribution in [1.82, 2.24) is 0 Å². The first-order valence-electron chi connectivity index (χ1n) is 7.61. The smallest absolute Gasteiger partial charge is 0.423 e. The molecule has 0 aliphatic rings. The number of rotatable bonds is 2. The molecule has 0 saturated carbocycles. The van der Waals surface area contributed by atoms with Crippen molar-refractivity contribution >= 4 is 34.1 Å². The van der Waals surface area contributed by atoms with Crippen LogP contribution in [0, 0.1) is 0 Å². The zero-order valence-electron chi connectivity index (χ0n) is 12.5. The lowest BCUT2D eigenvalue weighted by molar-refractivity contribution is 0.426. The predicted molar refractivity (Wildman–Crippen MR) is 96.7 cm³/mol. The zero-order valence-corrected chi connectivity index (χ0v) is 12.5. The van der Waals surface area contributed by atoms with Crippen molar-refractivity contribution in [1.29, 1.82) is 0 Å². The molecular formula is C20H15BO2. The molecule has 0 aliphatic carbocycles. The van der Waals surface area contributed by atoms with Gasteiger partial charge in [-0.25, -0.2) is 0 Å². The summed E-state index contributed by atoms with van der Waals surface area (Å²) in [7, 11) is -1.47. The van der Waals surface area contributed by atoms with Gasteiger partial charge in [-0.05, 0) is 44.2 Å². The minimum absolute atomic E-state index is 0.533. The molecule has 0 heterocycles. The summed E-state index contributed by atoms with van der Waals surface area (Å²) in [5, 5.41) is 23.5. The molecule has 4 aromatic carbocycles. The van der Waals surface area contributed by atoms with E-state index in [-0.39, 0.29) is 0 Å². The van der Waals surface area contributed by atoms with Gasteiger partial charge in [0.15, 0.2) is 0 Å². The van der Waals surface area contributed by atoms with Gasteiger partial charge < -0.3 is 10.0 Å². The zero-order chi connectivity index (χ0) is 15.8. The number of hydrogen-bond acceptors (Lipinski definition) is 2. The second-order valence-corrected chi connectivity index (χ2v) is 5.68. The lowest BCUT2D eigenvalue weighted by atomic mass is 9.76. The molecule has 2 N–H and O–H groups in total. The van der Waals surface area contributed by atoms with Gasteiger partial charge >= 0.3 is 7.12 Å². The van der Waals surface area contributed by atoms with Gasteiger partial charge in [-0.1, -0.05) is 72.8 Å². The van der Waals surface area contributed by atoms with Gasteiger partial charge in [0.1, 0.15) is 0 Å². The van der Waals surface area contributed by atoms with Gasteiger partial charge in [-0.2, -0.15) is 0 Å². The minimum Gasteiger partial charge on any atom is -0.423 e. The fraction of sp³-hybridized carbons (Fsp3) is 0. The molecule has 0 atom stereocenters. The molecule has 0 fully saturated rings. The van der Waals surface area contributed by atoms with Crippen LogP contribution in [0.2, 0.25) is 0 Å². The van der Waals surface area contributed by atoms with Crippen LogP contribution in [-0.2, 0) is 0 Å². The number of fused-ring (bicyclic) bond motifs is 2. The number of hydrogen-bond donors (Lipinski definition) is 2. The van der Waals surface area contributed by atoms with Gasteiger partial charge in [0.2, 0.25) is 0 Å². The SMILES string of the molecule is OB(O)c1cccc2c(-c3ccc4ccccc4c3)cccc12. The van der Waals surface area contributed by atoms with Gasteiger partial charge in [0, 0.05) is 0 Å². The maximum atomic E-state index is 9.58.